The molecule has 0 bridgehead atoms. The number of thiazole rings is 1. The molecule has 5 heteroatoms. The molecule has 3 aromatic carbocycles. The standard InChI is InChI=1S/C23H21N3OS/c1-2-6-22(27)24-18-13-11-17(12-14-18)21-15-28-23(26-21)25-20-10-5-8-16-7-3-4-9-19(16)20/h3-5,7-15H,2,6H2,1H3,(H,24,27)(H,25,26). The Hall–Kier alpha value is -3.18. The summed E-state index contributed by atoms with van der Waals surface area (Å²) in [5.41, 5.74) is 3.80. The largest absolute Gasteiger partial charge is 0.331 e. The van der Waals surface area contributed by atoms with Gasteiger partial charge in [0.2, 0.25) is 5.91 Å². The first-order chi connectivity index (χ1) is 13.7. The van der Waals surface area contributed by atoms with E-state index in [0.29, 0.717) is 6.42 Å². The lowest BCUT2D eigenvalue weighted by Gasteiger charge is -2.07. The Bertz CT molecular complexity index is 1100. The zero-order valence-electron chi connectivity index (χ0n) is 15.6. The van der Waals surface area contributed by atoms with E-state index in [0.717, 1.165) is 34.2 Å². The van der Waals surface area contributed by atoms with Crippen LogP contribution in [0, 0.1) is 0 Å². The second-order valence-corrected chi connectivity index (χ2v) is 7.42. The van der Waals surface area contributed by atoms with Gasteiger partial charge in [0.15, 0.2) is 5.13 Å². The van der Waals surface area contributed by atoms with Gasteiger partial charge in [-0.15, -0.1) is 11.3 Å². The molecule has 0 saturated heterocycles. The maximum atomic E-state index is 11.7. The van der Waals surface area contributed by atoms with Crippen LogP contribution in [0.4, 0.5) is 16.5 Å². The predicted molar refractivity (Wildman–Crippen MR) is 118 cm³/mol. The zero-order valence-corrected chi connectivity index (χ0v) is 16.4. The summed E-state index contributed by atoms with van der Waals surface area (Å²) >= 11 is 1.58. The Balaban J connectivity index is 1.50. The normalized spacial score (nSPS) is 10.8. The van der Waals surface area contributed by atoms with Gasteiger partial charge >= 0.3 is 0 Å². The molecule has 0 atom stereocenters. The van der Waals surface area contributed by atoms with Crippen molar-refractivity contribution in [2.75, 3.05) is 10.6 Å². The van der Waals surface area contributed by atoms with Gasteiger partial charge in [-0.1, -0.05) is 55.5 Å². The minimum absolute atomic E-state index is 0.0467. The van der Waals surface area contributed by atoms with Crippen LogP contribution in [0.1, 0.15) is 19.8 Å². The van der Waals surface area contributed by atoms with Crippen LogP contribution in [0.2, 0.25) is 0 Å². The molecule has 4 rings (SSSR count). The molecule has 0 unspecified atom stereocenters. The van der Waals surface area contributed by atoms with Crippen molar-refractivity contribution in [3.63, 3.8) is 0 Å². The van der Waals surface area contributed by atoms with Crippen molar-refractivity contribution < 1.29 is 4.79 Å². The fourth-order valence-electron chi connectivity index (χ4n) is 3.09. The molecule has 4 nitrogen and oxygen atoms in total. The Morgan fingerprint density at radius 1 is 1.00 bits per heavy atom. The quantitative estimate of drug-likeness (QED) is 0.400. The minimum atomic E-state index is 0.0467. The number of carbonyl (C=O) groups excluding carboxylic acids is 1. The van der Waals surface area contributed by atoms with Crippen LogP contribution >= 0.6 is 11.3 Å². The number of benzene rings is 3. The summed E-state index contributed by atoms with van der Waals surface area (Å²) in [6.07, 6.45) is 1.38. The van der Waals surface area contributed by atoms with Crippen LogP contribution in [0.15, 0.2) is 72.1 Å². The Kier molecular flexibility index (Phi) is 5.35. The number of rotatable bonds is 6. The lowest BCUT2D eigenvalue weighted by Crippen LogP contribution is -2.10. The van der Waals surface area contributed by atoms with E-state index in [-0.39, 0.29) is 5.91 Å². The van der Waals surface area contributed by atoms with Gasteiger partial charge in [0.1, 0.15) is 0 Å². The molecule has 1 aromatic heterocycles. The smallest absolute Gasteiger partial charge is 0.224 e. The number of fused-ring (bicyclic) bond motifs is 1. The fourth-order valence-corrected chi connectivity index (χ4v) is 3.82. The number of hydrogen-bond donors (Lipinski definition) is 2. The lowest BCUT2D eigenvalue weighted by atomic mass is 10.1. The molecule has 2 N–H and O–H groups in total. The van der Waals surface area contributed by atoms with Crippen LogP contribution in [0.25, 0.3) is 22.0 Å². The van der Waals surface area contributed by atoms with Crippen LogP contribution < -0.4 is 10.6 Å². The van der Waals surface area contributed by atoms with Gasteiger partial charge in [0.25, 0.3) is 0 Å². The van der Waals surface area contributed by atoms with Gasteiger partial charge in [0, 0.05) is 34.1 Å². The van der Waals surface area contributed by atoms with E-state index in [1.807, 2.05) is 54.8 Å². The van der Waals surface area contributed by atoms with Crippen LogP contribution in [-0.2, 0) is 4.79 Å². The molecule has 0 aliphatic carbocycles. The maximum absolute atomic E-state index is 11.7. The molecule has 0 spiro atoms. The van der Waals surface area contributed by atoms with Crippen LogP contribution in [0.5, 0.6) is 0 Å². The first-order valence-corrected chi connectivity index (χ1v) is 10.2. The highest BCUT2D eigenvalue weighted by atomic mass is 32.1. The molecule has 4 aromatic rings. The van der Waals surface area contributed by atoms with E-state index in [2.05, 4.69) is 34.9 Å². The van der Waals surface area contributed by atoms with Gasteiger partial charge in [-0.25, -0.2) is 4.98 Å². The maximum Gasteiger partial charge on any atom is 0.224 e. The molecular weight excluding hydrogens is 366 g/mol. The number of nitrogens with one attached hydrogen (secondary N) is 2. The Morgan fingerprint density at radius 2 is 1.79 bits per heavy atom. The number of nitrogens with zero attached hydrogens (tertiary/aromatic N) is 1. The van der Waals surface area contributed by atoms with Crippen molar-refractivity contribution in [1.29, 1.82) is 0 Å². The highest BCUT2D eigenvalue weighted by molar-refractivity contribution is 7.14. The predicted octanol–water partition coefficient (Wildman–Crippen LogP) is 6.45. The van der Waals surface area contributed by atoms with Gasteiger partial charge < -0.3 is 10.6 Å². The minimum Gasteiger partial charge on any atom is -0.331 e. The van der Waals surface area contributed by atoms with Crippen molar-refractivity contribution >= 4 is 44.5 Å². The second kappa shape index (κ2) is 8.23. The average molecular weight is 388 g/mol. The molecular formula is C23H21N3OS. The summed E-state index contributed by atoms with van der Waals surface area (Å²) in [4.78, 5) is 16.4. The topological polar surface area (TPSA) is 54.0 Å². The Morgan fingerprint density at radius 3 is 2.61 bits per heavy atom. The van der Waals surface area contributed by atoms with E-state index >= 15 is 0 Å². The highest BCUT2D eigenvalue weighted by Crippen LogP contribution is 2.31. The van der Waals surface area contributed by atoms with E-state index in [9.17, 15) is 4.79 Å². The number of aromatic nitrogens is 1. The van der Waals surface area contributed by atoms with Crippen LogP contribution in [-0.4, -0.2) is 10.9 Å². The summed E-state index contributed by atoms with van der Waals surface area (Å²) in [6.45, 7) is 1.99. The van der Waals surface area contributed by atoms with Crippen molar-refractivity contribution in [3.05, 3.63) is 72.1 Å². The molecule has 0 aliphatic rings. The summed E-state index contributed by atoms with van der Waals surface area (Å²) < 4.78 is 0. The summed E-state index contributed by atoms with van der Waals surface area (Å²) in [5.74, 6) is 0.0467. The van der Waals surface area contributed by atoms with Crippen LogP contribution in [0.3, 0.4) is 0 Å². The number of hydrogen-bond acceptors (Lipinski definition) is 4. The van der Waals surface area contributed by atoms with Crippen molar-refractivity contribution in [3.8, 4) is 11.3 Å². The summed E-state index contributed by atoms with van der Waals surface area (Å²) in [5, 5.41) is 11.6. The van der Waals surface area contributed by atoms with E-state index in [4.69, 9.17) is 4.98 Å². The van der Waals surface area contributed by atoms with Crippen molar-refractivity contribution in [2.45, 2.75) is 19.8 Å². The van der Waals surface area contributed by atoms with Gasteiger partial charge in [-0.3, -0.25) is 4.79 Å². The molecule has 140 valence electrons. The van der Waals surface area contributed by atoms with Crippen molar-refractivity contribution in [2.24, 2.45) is 0 Å². The molecule has 0 saturated carbocycles. The zero-order chi connectivity index (χ0) is 19.3. The number of carbonyl (C=O) groups is 1. The molecule has 1 heterocycles. The lowest BCUT2D eigenvalue weighted by molar-refractivity contribution is -0.116. The highest BCUT2D eigenvalue weighted by Gasteiger charge is 2.08. The first-order valence-electron chi connectivity index (χ1n) is 9.33. The van der Waals surface area contributed by atoms with Gasteiger partial charge in [-0.05, 0) is 30.0 Å². The summed E-state index contributed by atoms with van der Waals surface area (Å²) in [6, 6.07) is 22.3. The van der Waals surface area contributed by atoms with Gasteiger partial charge in [0.05, 0.1) is 5.69 Å². The first kappa shape index (κ1) is 18.2. The SMILES string of the molecule is CCCC(=O)Nc1ccc(-c2csc(Nc3cccc4ccccc34)n2)cc1. The average Bonchev–Trinajstić information content (AvgIpc) is 3.18. The third-order valence-corrected chi connectivity index (χ3v) is 5.23. The van der Waals surface area contributed by atoms with E-state index in [1.165, 1.54) is 10.8 Å². The van der Waals surface area contributed by atoms with E-state index in [1.54, 1.807) is 11.3 Å². The Labute approximate surface area is 168 Å². The molecule has 28 heavy (non-hydrogen) atoms. The molecule has 0 radical (unpaired) electrons. The molecule has 0 aliphatic heterocycles. The summed E-state index contributed by atoms with van der Waals surface area (Å²) in [7, 11) is 0. The molecule has 0 fully saturated rings. The van der Waals surface area contributed by atoms with E-state index < -0.39 is 0 Å². The van der Waals surface area contributed by atoms with Gasteiger partial charge in [-0.2, -0.15) is 0 Å². The second-order valence-electron chi connectivity index (χ2n) is 6.57. The number of amides is 1. The monoisotopic (exact) mass is 387 g/mol. The fraction of sp³-hybridized carbons (Fsp3) is 0.130. The third kappa shape index (κ3) is 4.05. The number of anilines is 3. The van der Waals surface area contributed by atoms with Crippen molar-refractivity contribution in [1.82, 2.24) is 4.98 Å². The third-order valence-electron chi connectivity index (χ3n) is 4.48. The molecule has 1 amide bonds.